The first kappa shape index (κ1) is 18.7. The Kier molecular flexibility index (Phi) is 4.72. The van der Waals surface area contributed by atoms with E-state index in [0.29, 0.717) is 18.4 Å². The minimum absolute atomic E-state index is 0.0346. The van der Waals surface area contributed by atoms with Crippen molar-refractivity contribution in [2.24, 2.45) is 0 Å². The second kappa shape index (κ2) is 7.06. The maximum Gasteiger partial charge on any atom is 0.261 e. The second-order valence-corrected chi connectivity index (χ2v) is 8.65. The van der Waals surface area contributed by atoms with E-state index in [1.54, 1.807) is 0 Å². The number of rotatable bonds is 3. The van der Waals surface area contributed by atoms with Crippen LogP contribution in [-0.4, -0.2) is 35.4 Å². The normalized spacial score (nSPS) is 16.5. The molecule has 6 nitrogen and oxygen atoms in total. The van der Waals surface area contributed by atoms with E-state index in [-0.39, 0.29) is 35.0 Å². The van der Waals surface area contributed by atoms with Crippen molar-refractivity contribution in [3.05, 3.63) is 70.8 Å². The zero-order valence-corrected chi connectivity index (χ0v) is 15.6. The third-order valence-corrected chi connectivity index (χ3v) is 6.93. The van der Waals surface area contributed by atoms with Gasteiger partial charge in [-0.3, -0.25) is 9.36 Å². The topological polar surface area (TPSA) is 72.3 Å². The quantitative estimate of drug-likeness (QED) is 0.672. The third kappa shape index (κ3) is 3.31. The first-order chi connectivity index (χ1) is 13.4. The smallest absolute Gasteiger partial charge is 0.261 e. The molecule has 0 spiro atoms. The van der Waals surface area contributed by atoms with Gasteiger partial charge in [0.15, 0.2) is 0 Å². The number of piperidine rings is 1. The molecular weight excluding hydrogens is 388 g/mol. The second-order valence-electron chi connectivity index (χ2n) is 6.71. The number of hydrogen-bond acceptors (Lipinski definition) is 4. The highest BCUT2D eigenvalue weighted by Gasteiger charge is 2.30. The highest BCUT2D eigenvalue weighted by molar-refractivity contribution is 7.89. The van der Waals surface area contributed by atoms with Crippen molar-refractivity contribution in [2.75, 3.05) is 13.1 Å². The van der Waals surface area contributed by atoms with E-state index in [0.717, 1.165) is 18.2 Å². The summed E-state index contributed by atoms with van der Waals surface area (Å²) in [4.78, 5) is 16.9. The highest BCUT2D eigenvalue weighted by atomic mass is 32.2. The molecule has 0 radical (unpaired) electrons. The van der Waals surface area contributed by atoms with Crippen LogP contribution in [0.4, 0.5) is 8.78 Å². The maximum atomic E-state index is 13.5. The fourth-order valence-electron chi connectivity index (χ4n) is 3.48. The molecule has 0 aliphatic carbocycles. The lowest BCUT2D eigenvalue weighted by Crippen LogP contribution is -2.40. The van der Waals surface area contributed by atoms with Gasteiger partial charge in [0.05, 0.1) is 22.1 Å². The van der Waals surface area contributed by atoms with Crippen molar-refractivity contribution in [2.45, 2.75) is 23.8 Å². The Morgan fingerprint density at radius 1 is 0.964 bits per heavy atom. The molecule has 0 unspecified atom stereocenters. The summed E-state index contributed by atoms with van der Waals surface area (Å²) >= 11 is 0. The summed E-state index contributed by atoms with van der Waals surface area (Å²) in [5, 5.41) is 0.198. The molecule has 0 saturated carbocycles. The average molecular weight is 405 g/mol. The summed E-state index contributed by atoms with van der Waals surface area (Å²) in [6.45, 7) is 0.440. The van der Waals surface area contributed by atoms with Crippen LogP contribution in [0.25, 0.3) is 10.9 Å². The summed E-state index contributed by atoms with van der Waals surface area (Å²) in [5.41, 5.74) is 0.0725. The number of fused-ring (bicyclic) bond motifs is 1. The van der Waals surface area contributed by atoms with Crippen molar-refractivity contribution in [3.8, 4) is 0 Å². The molecule has 2 heterocycles. The van der Waals surface area contributed by atoms with E-state index < -0.39 is 21.7 Å². The molecule has 1 fully saturated rings. The zero-order chi connectivity index (χ0) is 19.9. The molecule has 146 valence electrons. The first-order valence-electron chi connectivity index (χ1n) is 8.78. The molecule has 0 amide bonds. The van der Waals surface area contributed by atoms with Crippen molar-refractivity contribution in [1.82, 2.24) is 13.9 Å². The molecule has 0 N–H and O–H groups in total. The van der Waals surface area contributed by atoms with Crippen LogP contribution in [0.5, 0.6) is 0 Å². The van der Waals surface area contributed by atoms with Crippen LogP contribution >= 0.6 is 0 Å². The molecule has 3 aromatic rings. The highest BCUT2D eigenvalue weighted by Crippen LogP contribution is 2.26. The van der Waals surface area contributed by atoms with Crippen LogP contribution in [0, 0.1) is 11.6 Å². The Morgan fingerprint density at radius 2 is 1.61 bits per heavy atom. The lowest BCUT2D eigenvalue weighted by molar-refractivity contribution is 0.269. The van der Waals surface area contributed by atoms with Crippen molar-refractivity contribution in [1.29, 1.82) is 0 Å². The molecular formula is C19H17F2N3O3S. The van der Waals surface area contributed by atoms with Gasteiger partial charge in [-0.1, -0.05) is 0 Å². The molecule has 0 atom stereocenters. The molecule has 2 aromatic carbocycles. The summed E-state index contributed by atoms with van der Waals surface area (Å²) in [5.74, 6) is -1.01. The standard InChI is InChI=1S/C19H17F2N3O3S/c20-13-1-4-16(5-2-13)28(26,27)23-9-7-15(8-10-23)24-12-22-18-6-3-14(21)11-17(18)19(24)25/h1-6,11-12,15H,7-10H2. The van der Waals surface area contributed by atoms with Crippen molar-refractivity contribution in [3.63, 3.8) is 0 Å². The van der Waals surface area contributed by atoms with E-state index in [9.17, 15) is 22.0 Å². The minimum atomic E-state index is -3.72. The van der Waals surface area contributed by atoms with E-state index in [1.807, 2.05) is 0 Å². The number of benzene rings is 2. The molecule has 9 heteroatoms. The van der Waals surface area contributed by atoms with Crippen LogP contribution in [0.3, 0.4) is 0 Å². The van der Waals surface area contributed by atoms with E-state index >= 15 is 0 Å². The fourth-order valence-corrected chi connectivity index (χ4v) is 4.95. The lowest BCUT2D eigenvalue weighted by atomic mass is 10.1. The van der Waals surface area contributed by atoms with Crippen molar-refractivity contribution < 1.29 is 17.2 Å². The SMILES string of the molecule is O=c1c2cc(F)ccc2ncn1C1CCN(S(=O)(=O)c2ccc(F)cc2)CC1. The van der Waals surface area contributed by atoms with E-state index in [4.69, 9.17) is 0 Å². The lowest BCUT2D eigenvalue weighted by Gasteiger charge is -2.32. The largest absolute Gasteiger partial charge is 0.296 e. The number of hydrogen-bond donors (Lipinski definition) is 0. The van der Waals surface area contributed by atoms with E-state index in [2.05, 4.69) is 4.98 Å². The van der Waals surface area contributed by atoms with Crippen LogP contribution in [-0.2, 0) is 10.0 Å². The molecule has 0 bridgehead atoms. The van der Waals surface area contributed by atoms with Gasteiger partial charge in [0.2, 0.25) is 10.0 Å². The first-order valence-corrected chi connectivity index (χ1v) is 10.2. The monoisotopic (exact) mass is 405 g/mol. The van der Waals surface area contributed by atoms with Gasteiger partial charge in [-0.25, -0.2) is 22.2 Å². The van der Waals surface area contributed by atoms with Gasteiger partial charge in [-0.15, -0.1) is 0 Å². The summed E-state index contributed by atoms with van der Waals surface area (Å²) in [6.07, 6.45) is 2.27. The summed E-state index contributed by atoms with van der Waals surface area (Å²) < 4.78 is 54.7. The molecule has 28 heavy (non-hydrogen) atoms. The number of sulfonamides is 1. The number of aromatic nitrogens is 2. The summed E-state index contributed by atoms with van der Waals surface area (Å²) in [7, 11) is -3.72. The van der Waals surface area contributed by atoms with Gasteiger partial charge in [0.1, 0.15) is 11.6 Å². The Hall–Kier alpha value is -2.65. The molecule has 1 aromatic heterocycles. The zero-order valence-electron chi connectivity index (χ0n) is 14.8. The van der Waals surface area contributed by atoms with Crippen LogP contribution in [0.15, 0.2) is 58.5 Å². The fraction of sp³-hybridized carbons (Fsp3) is 0.263. The predicted molar refractivity (Wildman–Crippen MR) is 99.4 cm³/mol. The minimum Gasteiger partial charge on any atom is -0.296 e. The Balaban J connectivity index is 1.56. The Labute approximate surface area is 160 Å². The summed E-state index contributed by atoms with van der Waals surface area (Å²) in [6, 6.07) is 8.33. The van der Waals surface area contributed by atoms with Gasteiger partial charge in [-0.05, 0) is 55.3 Å². The Morgan fingerprint density at radius 3 is 2.29 bits per heavy atom. The predicted octanol–water partition coefficient (Wildman–Crippen LogP) is 2.70. The van der Waals surface area contributed by atoms with Crippen LogP contribution in [0.1, 0.15) is 18.9 Å². The van der Waals surface area contributed by atoms with Crippen LogP contribution < -0.4 is 5.56 Å². The maximum absolute atomic E-state index is 13.5. The van der Waals surface area contributed by atoms with E-state index in [1.165, 1.54) is 39.5 Å². The number of halogens is 2. The van der Waals surface area contributed by atoms with Gasteiger partial charge >= 0.3 is 0 Å². The molecule has 1 aliphatic heterocycles. The molecule has 1 aliphatic rings. The van der Waals surface area contributed by atoms with Gasteiger partial charge < -0.3 is 0 Å². The van der Waals surface area contributed by atoms with Crippen molar-refractivity contribution >= 4 is 20.9 Å². The Bertz CT molecular complexity index is 1190. The van der Waals surface area contributed by atoms with Gasteiger partial charge in [0, 0.05) is 19.1 Å². The average Bonchev–Trinajstić information content (AvgIpc) is 2.69. The molecule has 4 rings (SSSR count). The van der Waals surface area contributed by atoms with Gasteiger partial charge in [-0.2, -0.15) is 4.31 Å². The van der Waals surface area contributed by atoms with Crippen LogP contribution in [0.2, 0.25) is 0 Å². The third-order valence-electron chi connectivity index (χ3n) is 5.01. The number of nitrogens with zero attached hydrogens (tertiary/aromatic N) is 3. The molecule has 1 saturated heterocycles. The van der Waals surface area contributed by atoms with Gasteiger partial charge in [0.25, 0.3) is 5.56 Å².